The van der Waals surface area contributed by atoms with E-state index in [4.69, 9.17) is 4.74 Å². The van der Waals surface area contributed by atoms with Crippen molar-refractivity contribution in [3.05, 3.63) is 60.3 Å². The Morgan fingerprint density at radius 2 is 1.20 bits per heavy atom. The lowest BCUT2D eigenvalue weighted by atomic mass is 9.87. The third-order valence-corrected chi connectivity index (χ3v) is 8.03. The largest absolute Gasteiger partial charge is 0.459 e. The first-order valence-electron chi connectivity index (χ1n) is 16.4. The molecule has 0 bridgehead atoms. The van der Waals surface area contributed by atoms with E-state index in [1.165, 1.54) is 13.0 Å². The predicted octanol–water partition coefficient (Wildman–Crippen LogP) is 1.89. The van der Waals surface area contributed by atoms with Crippen molar-refractivity contribution in [2.24, 2.45) is 5.92 Å². The Bertz CT molecular complexity index is 991. The Morgan fingerprint density at radius 1 is 0.717 bits per heavy atom. The molecule has 0 amide bonds. The summed E-state index contributed by atoms with van der Waals surface area (Å²) in [6, 6.07) is 0. The molecule has 0 saturated carbocycles. The average Bonchev–Trinajstić information content (AvgIpc) is 2.94. The van der Waals surface area contributed by atoms with Crippen LogP contribution in [0.25, 0.3) is 0 Å². The standard InChI is InChI=1S/C35H58O11/c1-4-5-11-16-31(42)34-33(44)22-29(40)20-27(38)18-25(36)17-26(37)19-28(39)21-32(43)23(2)14-12-9-7-6-8-10-13-15-30(41)24(3)46-35(34)45/h6-10,12-15,24-34,36-44H,4-5,11,16-22H2,1-3H3/b7-6-,10-8?,12-9?,15-13?,23-14?. The van der Waals surface area contributed by atoms with Gasteiger partial charge in [-0.15, -0.1) is 0 Å². The fraction of sp³-hybridized carbons (Fsp3) is 0.686. The third-order valence-electron chi connectivity index (χ3n) is 8.03. The van der Waals surface area contributed by atoms with E-state index in [1.54, 1.807) is 55.5 Å². The Kier molecular flexibility index (Phi) is 21.1. The van der Waals surface area contributed by atoms with Crippen LogP contribution in [0.1, 0.15) is 85.0 Å². The van der Waals surface area contributed by atoms with Gasteiger partial charge in [0.1, 0.15) is 18.1 Å². The maximum absolute atomic E-state index is 13.1. The minimum Gasteiger partial charge on any atom is -0.459 e. The number of allylic oxidation sites excluding steroid dienone is 8. The maximum atomic E-state index is 13.1. The molecule has 1 aliphatic rings. The van der Waals surface area contributed by atoms with Crippen molar-refractivity contribution >= 4 is 5.97 Å². The number of carbonyl (C=O) groups is 1. The van der Waals surface area contributed by atoms with Gasteiger partial charge in [-0.25, -0.2) is 0 Å². The average molecular weight is 655 g/mol. The number of aliphatic hydroxyl groups is 9. The van der Waals surface area contributed by atoms with E-state index < -0.39 is 72.9 Å². The van der Waals surface area contributed by atoms with E-state index >= 15 is 0 Å². The number of aliphatic hydroxyl groups excluding tert-OH is 9. The Labute approximate surface area is 273 Å². The number of carbonyl (C=O) groups excluding carboxylic acids is 1. The second kappa shape index (κ2) is 23.2. The number of unbranched alkanes of at least 4 members (excludes halogenated alkanes) is 2. The van der Waals surface area contributed by atoms with E-state index in [2.05, 4.69) is 0 Å². The number of esters is 1. The molecule has 0 saturated heterocycles. The van der Waals surface area contributed by atoms with Gasteiger partial charge in [0.15, 0.2) is 0 Å². The summed E-state index contributed by atoms with van der Waals surface area (Å²) >= 11 is 0. The zero-order chi connectivity index (χ0) is 34.6. The number of hydrogen-bond acceptors (Lipinski definition) is 11. The fourth-order valence-corrected chi connectivity index (χ4v) is 5.27. The van der Waals surface area contributed by atoms with E-state index in [0.717, 1.165) is 12.8 Å². The molecular formula is C35H58O11. The van der Waals surface area contributed by atoms with Gasteiger partial charge in [0.2, 0.25) is 0 Å². The Morgan fingerprint density at radius 3 is 1.74 bits per heavy atom. The summed E-state index contributed by atoms with van der Waals surface area (Å²) in [5.41, 5.74) is 0.609. The van der Waals surface area contributed by atoms with Crippen LogP contribution in [0, 0.1) is 5.92 Å². The number of cyclic esters (lactones) is 1. The summed E-state index contributed by atoms with van der Waals surface area (Å²) in [7, 11) is 0. The normalized spacial score (nSPS) is 35.4. The van der Waals surface area contributed by atoms with E-state index in [0.29, 0.717) is 12.0 Å². The molecule has 46 heavy (non-hydrogen) atoms. The van der Waals surface area contributed by atoms with Crippen molar-refractivity contribution in [3.8, 4) is 0 Å². The van der Waals surface area contributed by atoms with Crippen LogP contribution in [-0.4, -0.2) is 113 Å². The van der Waals surface area contributed by atoms with Crippen LogP contribution in [0.4, 0.5) is 0 Å². The highest BCUT2D eigenvalue weighted by atomic mass is 16.6. The van der Waals surface area contributed by atoms with Crippen molar-refractivity contribution in [2.45, 2.75) is 146 Å². The molecule has 1 rings (SSSR count). The summed E-state index contributed by atoms with van der Waals surface area (Å²) in [6.07, 6.45) is 4.69. The second-order valence-electron chi connectivity index (χ2n) is 12.4. The number of hydrogen-bond donors (Lipinski definition) is 9. The van der Waals surface area contributed by atoms with Gasteiger partial charge in [0.25, 0.3) is 0 Å². The van der Waals surface area contributed by atoms with Crippen molar-refractivity contribution in [1.82, 2.24) is 0 Å². The monoisotopic (exact) mass is 654 g/mol. The first-order chi connectivity index (χ1) is 21.7. The molecular weight excluding hydrogens is 596 g/mol. The molecule has 9 N–H and O–H groups in total. The molecule has 0 aromatic rings. The second-order valence-corrected chi connectivity index (χ2v) is 12.4. The third kappa shape index (κ3) is 17.7. The molecule has 1 heterocycles. The van der Waals surface area contributed by atoms with Crippen molar-refractivity contribution < 1.29 is 55.5 Å². The fourth-order valence-electron chi connectivity index (χ4n) is 5.27. The molecule has 0 spiro atoms. The van der Waals surface area contributed by atoms with Crippen LogP contribution in [-0.2, 0) is 9.53 Å². The molecule has 0 aromatic heterocycles. The van der Waals surface area contributed by atoms with Gasteiger partial charge in [0.05, 0.1) is 48.8 Å². The molecule has 11 unspecified atom stereocenters. The zero-order valence-corrected chi connectivity index (χ0v) is 27.5. The van der Waals surface area contributed by atoms with Crippen LogP contribution in [0.3, 0.4) is 0 Å². The van der Waals surface area contributed by atoms with Gasteiger partial charge in [-0.3, -0.25) is 4.79 Å². The number of ether oxygens (including phenoxy) is 1. The molecule has 1 aliphatic heterocycles. The minimum atomic E-state index is -1.52. The molecule has 0 aliphatic carbocycles. The highest BCUT2D eigenvalue weighted by molar-refractivity contribution is 5.74. The lowest BCUT2D eigenvalue weighted by Crippen LogP contribution is -2.43. The molecule has 11 heteroatoms. The maximum Gasteiger partial charge on any atom is 0.314 e. The van der Waals surface area contributed by atoms with E-state index in [-0.39, 0.29) is 44.9 Å². The number of rotatable bonds is 5. The first kappa shape index (κ1) is 41.8. The molecule has 264 valence electrons. The molecule has 0 radical (unpaired) electrons. The van der Waals surface area contributed by atoms with Gasteiger partial charge in [-0.05, 0) is 51.5 Å². The Hall–Kier alpha value is -2.19. The van der Waals surface area contributed by atoms with Gasteiger partial charge in [-0.2, -0.15) is 0 Å². The minimum absolute atomic E-state index is 0.0162. The lowest BCUT2D eigenvalue weighted by molar-refractivity contribution is -0.168. The molecule has 11 nitrogen and oxygen atoms in total. The van der Waals surface area contributed by atoms with Gasteiger partial charge < -0.3 is 50.7 Å². The quantitative estimate of drug-likeness (QED) is 0.154. The van der Waals surface area contributed by atoms with Gasteiger partial charge >= 0.3 is 5.97 Å². The van der Waals surface area contributed by atoms with Gasteiger partial charge in [-0.1, -0.05) is 80.9 Å². The van der Waals surface area contributed by atoms with Crippen LogP contribution in [0.15, 0.2) is 60.3 Å². The Balaban J connectivity index is 3.14. The van der Waals surface area contributed by atoms with Crippen molar-refractivity contribution in [3.63, 3.8) is 0 Å². The summed E-state index contributed by atoms with van der Waals surface area (Å²) < 4.78 is 5.42. The first-order valence-corrected chi connectivity index (χ1v) is 16.4. The smallest absolute Gasteiger partial charge is 0.314 e. The molecule has 0 fully saturated rings. The van der Waals surface area contributed by atoms with E-state index in [1.807, 2.05) is 6.92 Å². The molecule has 0 aromatic carbocycles. The zero-order valence-electron chi connectivity index (χ0n) is 27.5. The molecule has 11 atom stereocenters. The summed E-state index contributed by atoms with van der Waals surface area (Å²) in [5, 5.41) is 94.8. The van der Waals surface area contributed by atoms with E-state index in [9.17, 15) is 50.8 Å². The van der Waals surface area contributed by atoms with Crippen LogP contribution < -0.4 is 0 Å². The summed E-state index contributed by atoms with van der Waals surface area (Å²) in [5.74, 6) is -2.33. The van der Waals surface area contributed by atoms with Crippen LogP contribution >= 0.6 is 0 Å². The van der Waals surface area contributed by atoms with Crippen LogP contribution in [0.5, 0.6) is 0 Å². The highest BCUT2D eigenvalue weighted by Gasteiger charge is 2.37. The predicted molar refractivity (Wildman–Crippen MR) is 175 cm³/mol. The van der Waals surface area contributed by atoms with Crippen molar-refractivity contribution in [1.29, 1.82) is 0 Å². The van der Waals surface area contributed by atoms with Crippen LogP contribution in [0.2, 0.25) is 0 Å². The topological polar surface area (TPSA) is 208 Å². The summed E-state index contributed by atoms with van der Waals surface area (Å²) in [6.45, 7) is 5.18. The highest BCUT2D eigenvalue weighted by Crippen LogP contribution is 2.24. The SMILES string of the molecule is CCCCCC(O)C1C(=O)OC(C)C(O)C=CC=C/C=C\C=CC=C(C)C(O)CC(O)CC(O)CC(O)CC(O)CC(O)CC1O. The lowest BCUT2D eigenvalue weighted by Gasteiger charge is -2.29. The summed E-state index contributed by atoms with van der Waals surface area (Å²) in [4.78, 5) is 13.1. The van der Waals surface area contributed by atoms with Crippen molar-refractivity contribution in [2.75, 3.05) is 0 Å². The van der Waals surface area contributed by atoms with Gasteiger partial charge in [0, 0.05) is 12.8 Å².